The molecule has 1 atom stereocenters. The largest absolute Gasteiger partial charge is 0.461 e. The van der Waals surface area contributed by atoms with Crippen molar-refractivity contribution in [3.8, 4) is 0 Å². The molecular formula is C16H15NO. The molecule has 2 aromatic carbocycles. The van der Waals surface area contributed by atoms with Crippen LogP contribution in [0.5, 0.6) is 0 Å². The number of nitrogens with two attached hydrogens (primary N) is 1. The van der Waals surface area contributed by atoms with Crippen LogP contribution in [-0.2, 0) is 6.42 Å². The van der Waals surface area contributed by atoms with Crippen LogP contribution in [-0.4, -0.2) is 0 Å². The van der Waals surface area contributed by atoms with Crippen molar-refractivity contribution in [1.29, 1.82) is 0 Å². The van der Waals surface area contributed by atoms with Gasteiger partial charge in [0.1, 0.15) is 11.3 Å². The highest BCUT2D eigenvalue weighted by Crippen LogP contribution is 2.22. The molecule has 1 unspecified atom stereocenters. The van der Waals surface area contributed by atoms with Crippen molar-refractivity contribution in [2.45, 2.75) is 12.5 Å². The van der Waals surface area contributed by atoms with Crippen LogP contribution in [0.2, 0.25) is 0 Å². The van der Waals surface area contributed by atoms with Crippen LogP contribution in [0, 0.1) is 0 Å². The molecule has 0 fully saturated rings. The van der Waals surface area contributed by atoms with Gasteiger partial charge in [-0.2, -0.15) is 0 Å². The zero-order chi connectivity index (χ0) is 12.4. The zero-order valence-electron chi connectivity index (χ0n) is 10.0. The van der Waals surface area contributed by atoms with Crippen molar-refractivity contribution in [2.75, 3.05) is 0 Å². The van der Waals surface area contributed by atoms with Crippen molar-refractivity contribution in [3.63, 3.8) is 0 Å². The number of furan rings is 1. The second kappa shape index (κ2) is 4.67. The van der Waals surface area contributed by atoms with Crippen LogP contribution in [0.3, 0.4) is 0 Å². The molecule has 1 heterocycles. The van der Waals surface area contributed by atoms with Gasteiger partial charge in [0.2, 0.25) is 0 Å². The molecule has 2 N–H and O–H groups in total. The Morgan fingerprint density at radius 3 is 2.44 bits per heavy atom. The van der Waals surface area contributed by atoms with Crippen molar-refractivity contribution in [1.82, 2.24) is 0 Å². The third-order valence-electron chi connectivity index (χ3n) is 3.13. The second-order valence-corrected chi connectivity index (χ2v) is 4.47. The van der Waals surface area contributed by atoms with E-state index in [-0.39, 0.29) is 6.04 Å². The molecule has 2 nitrogen and oxygen atoms in total. The Bertz CT molecular complexity index is 609. The van der Waals surface area contributed by atoms with Gasteiger partial charge in [0.25, 0.3) is 0 Å². The monoisotopic (exact) mass is 237 g/mol. The summed E-state index contributed by atoms with van der Waals surface area (Å²) < 4.78 is 5.78. The molecule has 0 aliphatic rings. The molecule has 2 heteroatoms. The molecule has 0 saturated heterocycles. The molecule has 18 heavy (non-hydrogen) atoms. The van der Waals surface area contributed by atoms with Gasteiger partial charge in [0.15, 0.2) is 0 Å². The number of rotatable bonds is 3. The number of hydrogen-bond donors (Lipinski definition) is 1. The van der Waals surface area contributed by atoms with Crippen LogP contribution in [0.1, 0.15) is 17.4 Å². The molecule has 0 bridgehead atoms. The fourth-order valence-corrected chi connectivity index (χ4v) is 2.17. The van der Waals surface area contributed by atoms with Gasteiger partial charge < -0.3 is 10.2 Å². The topological polar surface area (TPSA) is 39.2 Å². The SMILES string of the molecule is NC(Cc1cc2ccccc2o1)c1ccccc1. The van der Waals surface area contributed by atoms with Gasteiger partial charge in [-0.25, -0.2) is 0 Å². The zero-order valence-corrected chi connectivity index (χ0v) is 10.0. The summed E-state index contributed by atoms with van der Waals surface area (Å²) in [7, 11) is 0. The molecule has 0 aliphatic heterocycles. The minimum Gasteiger partial charge on any atom is -0.461 e. The van der Waals surface area contributed by atoms with Crippen LogP contribution < -0.4 is 5.73 Å². The number of para-hydroxylation sites is 1. The predicted octanol–water partition coefficient (Wildman–Crippen LogP) is 3.68. The lowest BCUT2D eigenvalue weighted by Crippen LogP contribution is -2.12. The Labute approximate surface area is 106 Å². The molecule has 0 amide bonds. The molecule has 0 radical (unpaired) electrons. The Hall–Kier alpha value is -2.06. The van der Waals surface area contributed by atoms with E-state index in [0.29, 0.717) is 0 Å². The van der Waals surface area contributed by atoms with Gasteiger partial charge in [-0.1, -0.05) is 48.5 Å². The summed E-state index contributed by atoms with van der Waals surface area (Å²) in [6.45, 7) is 0. The summed E-state index contributed by atoms with van der Waals surface area (Å²) >= 11 is 0. The Morgan fingerprint density at radius 1 is 0.944 bits per heavy atom. The van der Waals surface area contributed by atoms with E-state index in [4.69, 9.17) is 10.2 Å². The van der Waals surface area contributed by atoms with E-state index in [9.17, 15) is 0 Å². The van der Waals surface area contributed by atoms with E-state index < -0.39 is 0 Å². The van der Waals surface area contributed by atoms with E-state index >= 15 is 0 Å². The quantitative estimate of drug-likeness (QED) is 0.754. The standard InChI is InChI=1S/C16H15NO/c17-15(12-6-2-1-3-7-12)11-14-10-13-8-4-5-9-16(13)18-14/h1-10,15H,11,17H2. The lowest BCUT2D eigenvalue weighted by atomic mass is 10.0. The molecular weight excluding hydrogens is 222 g/mol. The van der Waals surface area contributed by atoms with E-state index in [1.807, 2.05) is 48.5 Å². The van der Waals surface area contributed by atoms with Gasteiger partial charge in [-0.05, 0) is 17.7 Å². The van der Waals surface area contributed by atoms with Crippen molar-refractivity contribution < 1.29 is 4.42 Å². The van der Waals surface area contributed by atoms with Gasteiger partial charge in [0.05, 0.1) is 0 Å². The number of benzene rings is 2. The average Bonchev–Trinajstić information content (AvgIpc) is 2.82. The van der Waals surface area contributed by atoms with Crippen LogP contribution in [0.15, 0.2) is 65.1 Å². The first-order valence-electron chi connectivity index (χ1n) is 6.11. The Morgan fingerprint density at radius 2 is 1.67 bits per heavy atom. The fraction of sp³-hybridized carbons (Fsp3) is 0.125. The van der Waals surface area contributed by atoms with Gasteiger partial charge in [-0.15, -0.1) is 0 Å². The maximum Gasteiger partial charge on any atom is 0.134 e. The lowest BCUT2D eigenvalue weighted by molar-refractivity contribution is 0.521. The first-order valence-corrected chi connectivity index (χ1v) is 6.11. The first kappa shape index (κ1) is 11.1. The van der Waals surface area contributed by atoms with E-state index in [1.54, 1.807) is 0 Å². The van der Waals surface area contributed by atoms with Crippen LogP contribution in [0.25, 0.3) is 11.0 Å². The molecule has 0 saturated carbocycles. The predicted molar refractivity (Wildman–Crippen MR) is 73.3 cm³/mol. The maximum absolute atomic E-state index is 6.19. The minimum atomic E-state index is -0.0215. The summed E-state index contributed by atoms with van der Waals surface area (Å²) in [5, 5.41) is 1.13. The average molecular weight is 237 g/mol. The summed E-state index contributed by atoms with van der Waals surface area (Å²) in [5.74, 6) is 0.938. The van der Waals surface area contributed by atoms with Crippen LogP contribution >= 0.6 is 0 Å². The summed E-state index contributed by atoms with van der Waals surface area (Å²) in [4.78, 5) is 0. The van der Waals surface area contributed by atoms with E-state index in [0.717, 1.165) is 28.7 Å². The third-order valence-corrected chi connectivity index (χ3v) is 3.13. The van der Waals surface area contributed by atoms with Gasteiger partial charge >= 0.3 is 0 Å². The Kier molecular flexibility index (Phi) is 2.87. The summed E-state index contributed by atoms with van der Waals surface area (Å²) in [6.07, 6.45) is 0.721. The molecule has 0 aliphatic carbocycles. The van der Waals surface area contributed by atoms with Gasteiger partial charge in [-0.3, -0.25) is 0 Å². The molecule has 3 rings (SSSR count). The van der Waals surface area contributed by atoms with Crippen LogP contribution in [0.4, 0.5) is 0 Å². The normalized spacial score (nSPS) is 12.7. The second-order valence-electron chi connectivity index (χ2n) is 4.47. The summed E-state index contributed by atoms with van der Waals surface area (Å²) in [6, 6.07) is 20.2. The van der Waals surface area contributed by atoms with E-state index in [2.05, 4.69) is 12.1 Å². The first-order chi connectivity index (χ1) is 8.83. The van der Waals surface area contributed by atoms with Gasteiger partial charge in [0, 0.05) is 17.8 Å². The summed E-state index contributed by atoms with van der Waals surface area (Å²) in [5.41, 5.74) is 8.25. The highest BCUT2D eigenvalue weighted by atomic mass is 16.3. The van der Waals surface area contributed by atoms with Crippen molar-refractivity contribution >= 4 is 11.0 Å². The highest BCUT2D eigenvalue weighted by Gasteiger charge is 2.10. The fourth-order valence-electron chi connectivity index (χ4n) is 2.17. The molecule has 90 valence electrons. The molecule has 1 aromatic heterocycles. The smallest absolute Gasteiger partial charge is 0.134 e. The lowest BCUT2D eigenvalue weighted by Gasteiger charge is -2.09. The third kappa shape index (κ3) is 2.15. The molecule has 3 aromatic rings. The maximum atomic E-state index is 6.19. The van der Waals surface area contributed by atoms with Crippen molar-refractivity contribution in [2.24, 2.45) is 5.73 Å². The molecule has 0 spiro atoms. The number of fused-ring (bicyclic) bond motifs is 1. The van der Waals surface area contributed by atoms with E-state index in [1.165, 1.54) is 0 Å². The Balaban J connectivity index is 1.84. The highest BCUT2D eigenvalue weighted by molar-refractivity contribution is 5.77. The number of hydrogen-bond acceptors (Lipinski definition) is 2. The van der Waals surface area contributed by atoms with Crippen molar-refractivity contribution in [3.05, 3.63) is 72.0 Å². The minimum absolute atomic E-state index is 0.0215.